The van der Waals surface area contributed by atoms with Crippen LogP contribution >= 0.6 is 0 Å². The van der Waals surface area contributed by atoms with Gasteiger partial charge in [-0.25, -0.2) is 9.19 Å². The van der Waals surface area contributed by atoms with Crippen molar-refractivity contribution in [2.24, 2.45) is 0 Å². The zero-order valence-corrected chi connectivity index (χ0v) is 7.18. The molecule has 0 aliphatic heterocycles. The molecule has 0 bridgehead atoms. The lowest BCUT2D eigenvalue weighted by Crippen LogP contribution is -1.96. The summed E-state index contributed by atoms with van der Waals surface area (Å²) in [5.74, 6) is 0. The summed E-state index contributed by atoms with van der Waals surface area (Å²) in [6.45, 7) is 3.66. The van der Waals surface area contributed by atoms with Gasteiger partial charge >= 0.3 is 0 Å². The number of aromatic nitrogens is 1. The van der Waals surface area contributed by atoms with E-state index < -0.39 is 11.1 Å². The number of hydrogen-bond donors (Lipinski definition) is 1. The van der Waals surface area contributed by atoms with Crippen LogP contribution in [0.25, 0.3) is 0 Å². The highest BCUT2D eigenvalue weighted by Crippen LogP contribution is 2.09. The van der Waals surface area contributed by atoms with Gasteiger partial charge in [0.25, 0.3) is 0 Å². The maximum atomic E-state index is 10.6. The van der Waals surface area contributed by atoms with Gasteiger partial charge in [0, 0.05) is 6.20 Å². The van der Waals surface area contributed by atoms with E-state index in [0.29, 0.717) is 0 Å². The minimum absolute atomic E-state index is 0.246. The van der Waals surface area contributed by atoms with Crippen molar-refractivity contribution >= 4 is 11.1 Å². The van der Waals surface area contributed by atoms with E-state index >= 15 is 0 Å². The number of rotatable bonds is 1. The second kappa shape index (κ2) is 3.11. The summed E-state index contributed by atoms with van der Waals surface area (Å²) in [7, 11) is 0. The molecule has 1 rings (SSSR count). The molecule has 4 heteroatoms. The van der Waals surface area contributed by atoms with Gasteiger partial charge in [-0.05, 0) is 25.0 Å². The van der Waals surface area contributed by atoms with Crippen molar-refractivity contribution in [2.45, 2.75) is 18.9 Å². The first-order chi connectivity index (χ1) is 5.11. The second-order valence-electron chi connectivity index (χ2n) is 2.38. The van der Waals surface area contributed by atoms with E-state index in [-0.39, 0.29) is 5.03 Å². The molecule has 1 unspecified atom stereocenters. The Kier molecular flexibility index (Phi) is 2.36. The van der Waals surface area contributed by atoms with Crippen LogP contribution in [0.5, 0.6) is 0 Å². The first-order valence-corrected chi connectivity index (χ1v) is 4.26. The van der Waals surface area contributed by atoms with Crippen molar-refractivity contribution in [1.29, 1.82) is 0 Å². The topological polar surface area (TPSA) is 50.2 Å². The van der Waals surface area contributed by atoms with Crippen LogP contribution in [0.4, 0.5) is 0 Å². The predicted molar refractivity (Wildman–Crippen MR) is 42.7 cm³/mol. The summed E-state index contributed by atoms with van der Waals surface area (Å²) in [6.07, 6.45) is 1.58. The molecule has 1 N–H and O–H groups in total. The largest absolute Gasteiger partial charge is 0.301 e. The molecule has 11 heavy (non-hydrogen) atoms. The Morgan fingerprint density at radius 2 is 2.18 bits per heavy atom. The van der Waals surface area contributed by atoms with Gasteiger partial charge in [-0.3, -0.25) is 0 Å². The van der Waals surface area contributed by atoms with Gasteiger partial charge in [0.2, 0.25) is 11.1 Å². The quantitative estimate of drug-likeness (QED) is 0.647. The number of nitrogens with zero attached hydrogens (tertiary/aromatic N) is 1. The molecule has 0 saturated carbocycles. The lowest BCUT2D eigenvalue weighted by atomic mass is 10.2. The molecule has 0 aromatic carbocycles. The summed E-state index contributed by atoms with van der Waals surface area (Å²) in [5.41, 5.74) is 1.75. The lowest BCUT2D eigenvalue weighted by molar-refractivity contribution is 0.559. The zero-order valence-electron chi connectivity index (χ0n) is 6.37. The smallest absolute Gasteiger partial charge is 0.205 e. The average molecular weight is 171 g/mol. The fourth-order valence-corrected chi connectivity index (χ4v) is 1.36. The molecule has 0 aliphatic carbocycles. The van der Waals surface area contributed by atoms with E-state index in [1.54, 1.807) is 13.1 Å². The molecule has 0 radical (unpaired) electrons. The van der Waals surface area contributed by atoms with Crippen molar-refractivity contribution in [2.75, 3.05) is 0 Å². The van der Waals surface area contributed by atoms with Gasteiger partial charge in [0.1, 0.15) is 0 Å². The van der Waals surface area contributed by atoms with Crippen LogP contribution < -0.4 is 0 Å². The van der Waals surface area contributed by atoms with Gasteiger partial charge in [-0.15, -0.1) is 0 Å². The maximum Gasteiger partial charge on any atom is 0.205 e. The van der Waals surface area contributed by atoms with Gasteiger partial charge in [0.15, 0.2) is 5.03 Å². The standard InChI is InChI=1S/C7H9NO2S/c1-5-3-6(2)7(8-4-5)11(9)10/h3-4H,1-2H3,(H,9,10). The van der Waals surface area contributed by atoms with Crippen LogP contribution in [0.1, 0.15) is 11.1 Å². The number of pyridine rings is 1. The third-order valence-electron chi connectivity index (χ3n) is 1.33. The summed E-state index contributed by atoms with van der Waals surface area (Å²) in [6, 6.07) is 1.83. The van der Waals surface area contributed by atoms with Crippen molar-refractivity contribution in [3.05, 3.63) is 23.4 Å². The monoisotopic (exact) mass is 171 g/mol. The minimum Gasteiger partial charge on any atom is -0.301 e. The van der Waals surface area contributed by atoms with Crippen LogP contribution in [0.15, 0.2) is 17.3 Å². The SMILES string of the molecule is Cc1cnc(S(=O)O)c(C)c1. The summed E-state index contributed by atoms with van der Waals surface area (Å²) < 4.78 is 19.3. The molecule has 3 nitrogen and oxygen atoms in total. The Bertz CT molecular complexity index is 298. The van der Waals surface area contributed by atoms with Crippen molar-refractivity contribution in [3.63, 3.8) is 0 Å². The van der Waals surface area contributed by atoms with E-state index in [1.807, 2.05) is 13.0 Å². The molecule has 0 fully saturated rings. The Labute approximate surface area is 67.8 Å². The molecule has 0 spiro atoms. The van der Waals surface area contributed by atoms with Crippen LogP contribution in [0.2, 0.25) is 0 Å². The van der Waals surface area contributed by atoms with Crippen LogP contribution in [0, 0.1) is 13.8 Å². The molecule has 0 amide bonds. The molecule has 60 valence electrons. The molecule has 1 atom stereocenters. The minimum atomic E-state index is -1.96. The van der Waals surface area contributed by atoms with Crippen molar-refractivity contribution in [3.8, 4) is 0 Å². The molecule has 0 saturated heterocycles. The Morgan fingerprint density at radius 1 is 1.55 bits per heavy atom. The molecule has 1 aromatic rings. The lowest BCUT2D eigenvalue weighted by Gasteiger charge is -1.99. The van der Waals surface area contributed by atoms with E-state index in [1.165, 1.54) is 0 Å². The second-order valence-corrected chi connectivity index (χ2v) is 3.27. The summed E-state index contributed by atoms with van der Waals surface area (Å²) >= 11 is -1.96. The maximum absolute atomic E-state index is 10.6. The first kappa shape index (κ1) is 8.36. The Balaban J connectivity index is 3.20. The zero-order chi connectivity index (χ0) is 8.43. The fraction of sp³-hybridized carbons (Fsp3) is 0.286. The van der Waals surface area contributed by atoms with Gasteiger partial charge in [-0.1, -0.05) is 6.07 Å². The highest BCUT2D eigenvalue weighted by molar-refractivity contribution is 7.79. The van der Waals surface area contributed by atoms with Crippen LogP contribution in [0.3, 0.4) is 0 Å². The molecular weight excluding hydrogens is 162 g/mol. The first-order valence-electron chi connectivity index (χ1n) is 3.15. The highest BCUT2D eigenvalue weighted by atomic mass is 32.2. The number of aryl methyl sites for hydroxylation is 2. The average Bonchev–Trinajstić information content (AvgIpc) is 1.85. The van der Waals surface area contributed by atoms with Crippen molar-refractivity contribution < 1.29 is 8.76 Å². The van der Waals surface area contributed by atoms with E-state index in [2.05, 4.69) is 4.98 Å². The van der Waals surface area contributed by atoms with Crippen LogP contribution in [-0.4, -0.2) is 13.7 Å². The molecular formula is C7H9NO2S. The fourth-order valence-electron chi connectivity index (χ4n) is 0.886. The Morgan fingerprint density at radius 3 is 2.64 bits per heavy atom. The van der Waals surface area contributed by atoms with E-state index in [0.717, 1.165) is 11.1 Å². The van der Waals surface area contributed by atoms with Gasteiger partial charge in [-0.2, -0.15) is 0 Å². The Hall–Kier alpha value is -0.740. The van der Waals surface area contributed by atoms with Gasteiger partial charge < -0.3 is 4.55 Å². The summed E-state index contributed by atoms with van der Waals surface area (Å²) in [5, 5.41) is 0.246. The number of hydrogen-bond acceptors (Lipinski definition) is 2. The third kappa shape index (κ3) is 1.85. The molecule has 0 aliphatic rings. The van der Waals surface area contributed by atoms with E-state index in [9.17, 15) is 4.21 Å². The summed E-state index contributed by atoms with van der Waals surface area (Å²) in [4.78, 5) is 3.83. The third-order valence-corrected chi connectivity index (χ3v) is 2.09. The normalized spacial score (nSPS) is 13.0. The van der Waals surface area contributed by atoms with E-state index in [4.69, 9.17) is 4.55 Å². The van der Waals surface area contributed by atoms with Crippen molar-refractivity contribution in [1.82, 2.24) is 4.98 Å². The highest BCUT2D eigenvalue weighted by Gasteiger charge is 2.04. The van der Waals surface area contributed by atoms with Crippen LogP contribution in [-0.2, 0) is 11.1 Å². The molecule has 1 heterocycles. The van der Waals surface area contributed by atoms with Gasteiger partial charge in [0.05, 0.1) is 0 Å². The predicted octanol–water partition coefficient (Wildman–Crippen LogP) is 1.28. The molecule has 1 aromatic heterocycles.